The van der Waals surface area contributed by atoms with E-state index in [0.29, 0.717) is 17.1 Å². The first-order valence-corrected chi connectivity index (χ1v) is 8.37. The maximum absolute atomic E-state index is 13.5. The van der Waals surface area contributed by atoms with Crippen LogP contribution in [-0.2, 0) is 19.3 Å². The lowest BCUT2D eigenvalue weighted by Crippen LogP contribution is -2.13. The van der Waals surface area contributed by atoms with Crippen LogP contribution in [0.4, 0.5) is 4.39 Å². The highest BCUT2D eigenvalue weighted by Crippen LogP contribution is 2.25. The summed E-state index contributed by atoms with van der Waals surface area (Å²) in [6, 6.07) is 13.2. The van der Waals surface area contributed by atoms with E-state index in [4.69, 9.17) is 0 Å². The normalized spacial score (nSPS) is 15.0. The lowest BCUT2D eigenvalue weighted by molar-refractivity contribution is 0.200. The summed E-state index contributed by atoms with van der Waals surface area (Å²) in [5, 5.41) is 10.2. The van der Waals surface area contributed by atoms with Crippen molar-refractivity contribution in [3.8, 4) is 0 Å². The van der Waals surface area contributed by atoms with Crippen LogP contribution in [0, 0.1) is 5.82 Å². The second kappa shape index (κ2) is 6.63. The minimum atomic E-state index is -0.450. The summed E-state index contributed by atoms with van der Waals surface area (Å²) in [5.74, 6) is 0.296. The molecule has 1 unspecified atom stereocenters. The third-order valence-electron chi connectivity index (χ3n) is 3.90. The Kier molecular flexibility index (Phi) is 4.61. The fourth-order valence-corrected chi connectivity index (χ4v) is 3.70. The third-order valence-corrected chi connectivity index (χ3v) is 5.10. The van der Waals surface area contributed by atoms with Crippen molar-refractivity contribution in [2.45, 2.75) is 36.7 Å². The van der Waals surface area contributed by atoms with E-state index in [9.17, 15) is 9.50 Å². The van der Waals surface area contributed by atoms with Crippen molar-refractivity contribution in [3.05, 3.63) is 65.0 Å². The van der Waals surface area contributed by atoms with E-state index in [0.717, 1.165) is 6.42 Å². The SMILES string of the molecule is OC(CSc1ccccc1F)Cc1ccc2c(c1)CCC2. The molecule has 1 atom stereocenters. The van der Waals surface area contributed by atoms with Gasteiger partial charge >= 0.3 is 0 Å². The Morgan fingerprint density at radius 2 is 1.90 bits per heavy atom. The molecule has 0 saturated carbocycles. The highest BCUT2D eigenvalue weighted by atomic mass is 32.2. The number of benzene rings is 2. The van der Waals surface area contributed by atoms with E-state index in [2.05, 4.69) is 18.2 Å². The van der Waals surface area contributed by atoms with Gasteiger partial charge in [0.05, 0.1) is 6.10 Å². The van der Waals surface area contributed by atoms with Crippen molar-refractivity contribution in [1.82, 2.24) is 0 Å². The van der Waals surface area contributed by atoms with Gasteiger partial charge in [-0.1, -0.05) is 30.3 Å². The second-order valence-electron chi connectivity index (χ2n) is 5.56. The van der Waals surface area contributed by atoms with Crippen LogP contribution in [0.3, 0.4) is 0 Å². The summed E-state index contributed by atoms with van der Waals surface area (Å²) in [7, 11) is 0. The van der Waals surface area contributed by atoms with Crippen LogP contribution in [0.25, 0.3) is 0 Å². The van der Waals surface area contributed by atoms with Gasteiger partial charge in [0.15, 0.2) is 0 Å². The number of hydrogen-bond acceptors (Lipinski definition) is 2. The molecule has 2 aromatic carbocycles. The van der Waals surface area contributed by atoms with E-state index in [1.165, 1.54) is 47.4 Å². The highest BCUT2D eigenvalue weighted by molar-refractivity contribution is 7.99. The van der Waals surface area contributed by atoms with Gasteiger partial charge in [-0.15, -0.1) is 11.8 Å². The van der Waals surface area contributed by atoms with Gasteiger partial charge in [0.25, 0.3) is 0 Å². The van der Waals surface area contributed by atoms with Gasteiger partial charge in [-0.05, 0) is 54.5 Å². The number of aliphatic hydroxyl groups excluding tert-OH is 1. The zero-order valence-electron chi connectivity index (χ0n) is 11.9. The first-order chi connectivity index (χ1) is 10.2. The molecule has 21 heavy (non-hydrogen) atoms. The summed E-state index contributed by atoms with van der Waals surface area (Å²) in [6.45, 7) is 0. The number of aliphatic hydroxyl groups is 1. The molecule has 0 spiro atoms. The molecule has 2 aromatic rings. The number of aryl methyl sites for hydroxylation is 2. The summed E-state index contributed by atoms with van der Waals surface area (Å²) in [5.41, 5.74) is 4.06. The number of rotatable bonds is 5. The molecule has 0 heterocycles. The van der Waals surface area contributed by atoms with E-state index >= 15 is 0 Å². The lowest BCUT2D eigenvalue weighted by Gasteiger charge is -2.12. The molecule has 1 nitrogen and oxygen atoms in total. The van der Waals surface area contributed by atoms with E-state index < -0.39 is 6.10 Å². The molecule has 3 rings (SSSR count). The maximum atomic E-state index is 13.5. The predicted octanol–water partition coefficient (Wildman–Crippen LogP) is 4.01. The van der Waals surface area contributed by atoms with Crippen LogP contribution in [0.15, 0.2) is 47.4 Å². The predicted molar refractivity (Wildman–Crippen MR) is 85.3 cm³/mol. The molecule has 3 heteroatoms. The molecule has 1 N–H and O–H groups in total. The van der Waals surface area contributed by atoms with Crippen LogP contribution in [-0.4, -0.2) is 17.0 Å². The standard InChI is InChI=1S/C18H19FOS/c19-17-6-1-2-7-18(17)21-12-16(20)11-13-8-9-14-4-3-5-15(14)10-13/h1-2,6-10,16,20H,3-5,11-12H2. The molecule has 1 aliphatic carbocycles. The Morgan fingerprint density at radius 3 is 2.76 bits per heavy atom. The fraction of sp³-hybridized carbons (Fsp3) is 0.333. The van der Waals surface area contributed by atoms with Crippen molar-refractivity contribution in [3.63, 3.8) is 0 Å². The van der Waals surface area contributed by atoms with Crippen LogP contribution >= 0.6 is 11.8 Å². The Bertz CT molecular complexity index is 626. The molecule has 1 aliphatic rings. The number of fused-ring (bicyclic) bond motifs is 1. The number of halogens is 1. The molecule has 0 aromatic heterocycles. The summed E-state index contributed by atoms with van der Waals surface area (Å²) < 4.78 is 13.5. The molecule has 0 aliphatic heterocycles. The second-order valence-corrected chi connectivity index (χ2v) is 6.62. The molecule has 0 amide bonds. The Balaban J connectivity index is 1.57. The van der Waals surface area contributed by atoms with Crippen molar-refractivity contribution in [2.75, 3.05) is 5.75 Å². The van der Waals surface area contributed by atoms with Crippen LogP contribution in [0.1, 0.15) is 23.1 Å². The van der Waals surface area contributed by atoms with Gasteiger partial charge in [0.2, 0.25) is 0 Å². The molecule has 0 radical (unpaired) electrons. The smallest absolute Gasteiger partial charge is 0.136 e. The molecule has 0 saturated heterocycles. The van der Waals surface area contributed by atoms with Crippen molar-refractivity contribution < 1.29 is 9.50 Å². The molecule has 110 valence electrons. The fourth-order valence-electron chi connectivity index (χ4n) is 2.83. The van der Waals surface area contributed by atoms with Crippen molar-refractivity contribution in [2.24, 2.45) is 0 Å². The molecule has 0 bridgehead atoms. The average molecular weight is 302 g/mol. The Hall–Kier alpha value is -1.32. The zero-order chi connectivity index (χ0) is 14.7. The van der Waals surface area contributed by atoms with Gasteiger partial charge in [-0.2, -0.15) is 0 Å². The third kappa shape index (κ3) is 3.66. The van der Waals surface area contributed by atoms with Crippen LogP contribution in [0.2, 0.25) is 0 Å². The van der Waals surface area contributed by atoms with Crippen LogP contribution in [0.5, 0.6) is 0 Å². The van der Waals surface area contributed by atoms with Gasteiger partial charge < -0.3 is 5.11 Å². The van der Waals surface area contributed by atoms with Gasteiger partial charge in [-0.25, -0.2) is 4.39 Å². The monoisotopic (exact) mass is 302 g/mol. The van der Waals surface area contributed by atoms with E-state index in [1.54, 1.807) is 12.1 Å². The summed E-state index contributed by atoms with van der Waals surface area (Å²) >= 11 is 1.37. The molecular formula is C18H19FOS. The van der Waals surface area contributed by atoms with E-state index in [-0.39, 0.29) is 5.82 Å². The van der Waals surface area contributed by atoms with Gasteiger partial charge in [0, 0.05) is 10.6 Å². The maximum Gasteiger partial charge on any atom is 0.136 e. The number of thioether (sulfide) groups is 1. The van der Waals surface area contributed by atoms with Crippen molar-refractivity contribution in [1.29, 1.82) is 0 Å². The zero-order valence-corrected chi connectivity index (χ0v) is 12.7. The molecule has 0 fully saturated rings. The van der Waals surface area contributed by atoms with Gasteiger partial charge in [-0.3, -0.25) is 0 Å². The number of hydrogen-bond donors (Lipinski definition) is 1. The summed E-state index contributed by atoms with van der Waals surface area (Å²) in [4.78, 5) is 0.602. The summed E-state index contributed by atoms with van der Waals surface area (Å²) in [6.07, 6.45) is 3.76. The topological polar surface area (TPSA) is 20.2 Å². The lowest BCUT2D eigenvalue weighted by atomic mass is 10.0. The first kappa shape index (κ1) is 14.6. The Morgan fingerprint density at radius 1 is 1.10 bits per heavy atom. The van der Waals surface area contributed by atoms with E-state index in [1.807, 2.05) is 6.07 Å². The van der Waals surface area contributed by atoms with Crippen molar-refractivity contribution >= 4 is 11.8 Å². The molecular weight excluding hydrogens is 283 g/mol. The quantitative estimate of drug-likeness (QED) is 0.842. The largest absolute Gasteiger partial charge is 0.392 e. The van der Waals surface area contributed by atoms with Crippen LogP contribution < -0.4 is 0 Å². The first-order valence-electron chi connectivity index (χ1n) is 7.38. The highest BCUT2D eigenvalue weighted by Gasteiger charge is 2.13. The average Bonchev–Trinajstić information content (AvgIpc) is 2.94. The minimum Gasteiger partial charge on any atom is -0.392 e. The Labute approximate surface area is 129 Å². The van der Waals surface area contributed by atoms with Gasteiger partial charge in [0.1, 0.15) is 5.82 Å². The minimum absolute atomic E-state index is 0.216.